The van der Waals surface area contributed by atoms with E-state index in [1.165, 1.54) is 28.9 Å². The smallest absolute Gasteiger partial charge is 0.382 e. The number of aliphatic hydroxyl groups is 1. The van der Waals surface area contributed by atoms with Crippen molar-refractivity contribution in [3.8, 4) is 5.69 Å². The van der Waals surface area contributed by atoms with Gasteiger partial charge in [0.1, 0.15) is 5.84 Å². The maximum Gasteiger partial charge on any atom is 0.416 e. The fourth-order valence-electron chi connectivity index (χ4n) is 3.95. The number of para-hydroxylation sites is 1. The summed E-state index contributed by atoms with van der Waals surface area (Å²) >= 11 is 12.2. The first-order valence-corrected chi connectivity index (χ1v) is 13.1. The van der Waals surface area contributed by atoms with Crippen LogP contribution in [0.2, 0.25) is 10.0 Å². The minimum Gasteiger partial charge on any atom is -0.382 e. The molecule has 5 N–H and O–H groups in total. The maximum absolute atomic E-state index is 13.1. The highest BCUT2D eigenvalue weighted by molar-refractivity contribution is 6.32. The second kappa shape index (κ2) is 12.7. The normalized spacial score (nSPS) is 15.8. The number of amidine groups is 1. The molecule has 1 unspecified atom stereocenters. The van der Waals surface area contributed by atoms with Crippen LogP contribution in [0.15, 0.2) is 48.5 Å². The van der Waals surface area contributed by atoms with Gasteiger partial charge in [0.05, 0.1) is 23.8 Å². The molecular formula is C25H25Cl2F3N8O3. The number of carbonyl (C=O) groups is 2. The number of aliphatic hydroxyl groups excluding tert-OH is 1. The Morgan fingerprint density at radius 1 is 1.22 bits per heavy atom. The van der Waals surface area contributed by atoms with Crippen molar-refractivity contribution in [1.82, 2.24) is 30.3 Å². The van der Waals surface area contributed by atoms with Gasteiger partial charge >= 0.3 is 12.2 Å². The van der Waals surface area contributed by atoms with Gasteiger partial charge in [0, 0.05) is 29.6 Å². The molecule has 4 rings (SSSR count). The van der Waals surface area contributed by atoms with Crippen LogP contribution in [-0.2, 0) is 11.3 Å². The summed E-state index contributed by atoms with van der Waals surface area (Å²) in [5.74, 6) is -0.317. The number of benzene rings is 2. The minimum atomic E-state index is -5.02. The van der Waals surface area contributed by atoms with Crippen LogP contribution in [0.1, 0.15) is 24.2 Å². The molecule has 41 heavy (non-hydrogen) atoms. The number of anilines is 1. The van der Waals surface area contributed by atoms with Gasteiger partial charge in [-0.3, -0.25) is 15.1 Å². The van der Waals surface area contributed by atoms with Crippen molar-refractivity contribution < 1.29 is 27.9 Å². The minimum absolute atomic E-state index is 0.0582. The molecule has 1 saturated heterocycles. The van der Waals surface area contributed by atoms with Gasteiger partial charge in [-0.1, -0.05) is 35.3 Å². The Morgan fingerprint density at radius 2 is 1.93 bits per heavy atom. The van der Waals surface area contributed by atoms with E-state index in [0.717, 1.165) is 0 Å². The maximum atomic E-state index is 13.1. The predicted molar refractivity (Wildman–Crippen MR) is 145 cm³/mol. The van der Waals surface area contributed by atoms with Gasteiger partial charge < -0.3 is 21.1 Å². The van der Waals surface area contributed by atoms with E-state index in [2.05, 4.69) is 26.0 Å². The molecule has 0 spiro atoms. The van der Waals surface area contributed by atoms with Gasteiger partial charge in [0.15, 0.2) is 11.9 Å². The van der Waals surface area contributed by atoms with E-state index < -0.39 is 30.7 Å². The Bertz CT molecular complexity index is 1420. The zero-order chi connectivity index (χ0) is 29.7. The molecule has 1 aliphatic rings. The van der Waals surface area contributed by atoms with Gasteiger partial charge in [-0.05, 0) is 42.8 Å². The Kier molecular flexibility index (Phi) is 9.35. The highest BCUT2D eigenvalue weighted by Crippen LogP contribution is 2.24. The second-order valence-corrected chi connectivity index (χ2v) is 9.92. The van der Waals surface area contributed by atoms with Crippen molar-refractivity contribution in [1.29, 1.82) is 5.41 Å². The monoisotopic (exact) mass is 612 g/mol. The van der Waals surface area contributed by atoms with Crippen LogP contribution in [-0.4, -0.2) is 74.0 Å². The molecule has 0 radical (unpaired) electrons. The van der Waals surface area contributed by atoms with Crippen molar-refractivity contribution in [2.75, 3.05) is 18.4 Å². The summed E-state index contributed by atoms with van der Waals surface area (Å²) in [4.78, 5) is 29.4. The average Bonchev–Trinajstić information content (AvgIpc) is 3.54. The van der Waals surface area contributed by atoms with Crippen LogP contribution >= 0.6 is 23.2 Å². The third kappa shape index (κ3) is 7.65. The molecule has 1 aliphatic heterocycles. The quantitative estimate of drug-likeness (QED) is 0.184. The fourth-order valence-corrected chi connectivity index (χ4v) is 4.29. The fraction of sp³-hybridized carbons (Fsp3) is 0.320. The molecule has 2 heterocycles. The van der Waals surface area contributed by atoms with Gasteiger partial charge in [-0.2, -0.15) is 22.8 Å². The van der Waals surface area contributed by atoms with Gasteiger partial charge in [-0.25, -0.2) is 4.79 Å². The highest BCUT2D eigenvalue weighted by atomic mass is 35.5. The van der Waals surface area contributed by atoms with Crippen LogP contribution < -0.4 is 16.0 Å². The van der Waals surface area contributed by atoms with Crippen molar-refractivity contribution in [3.05, 3.63) is 70.0 Å². The molecular weight excluding hydrogens is 588 g/mol. The molecule has 3 amide bonds. The Balaban J connectivity index is 1.54. The number of alkyl halides is 3. The number of amides is 3. The summed E-state index contributed by atoms with van der Waals surface area (Å²) in [5, 5.41) is 31.4. The molecule has 2 aromatic carbocycles. The summed E-state index contributed by atoms with van der Waals surface area (Å²) in [6.07, 6.45) is -6.88. The summed E-state index contributed by atoms with van der Waals surface area (Å²) < 4.78 is 40.8. The number of rotatable bonds is 9. The number of urea groups is 1. The molecule has 0 bridgehead atoms. The summed E-state index contributed by atoms with van der Waals surface area (Å²) in [5.41, 5.74) is 0.571. The lowest BCUT2D eigenvalue weighted by molar-refractivity contribution is -0.204. The molecule has 16 heteroatoms. The largest absolute Gasteiger partial charge is 0.416 e. The van der Waals surface area contributed by atoms with Crippen molar-refractivity contribution in [2.45, 2.75) is 37.7 Å². The van der Waals surface area contributed by atoms with Crippen molar-refractivity contribution in [2.24, 2.45) is 0 Å². The molecule has 1 aromatic heterocycles. The van der Waals surface area contributed by atoms with E-state index in [0.29, 0.717) is 40.0 Å². The number of nitrogens with zero attached hydrogens (tertiary/aromatic N) is 4. The van der Waals surface area contributed by atoms with E-state index >= 15 is 0 Å². The predicted octanol–water partition coefficient (Wildman–Crippen LogP) is 3.72. The van der Waals surface area contributed by atoms with Gasteiger partial charge in [-0.15, -0.1) is 5.10 Å². The van der Waals surface area contributed by atoms with Crippen LogP contribution in [0.3, 0.4) is 0 Å². The second-order valence-electron chi connectivity index (χ2n) is 9.08. The Hall–Kier alpha value is -3.88. The first-order chi connectivity index (χ1) is 19.4. The number of hydrogen-bond donors (Lipinski definition) is 5. The molecule has 218 valence electrons. The average molecular weight is 613 g/mol. The lowest BCUT2D eigenvalue weighted by Gasteiger charge is -2.26. The lowest BCUT2D eigenvalue weighted by Crippen LogP contribution is -2.50. The molecule has 11 nitrogen and oxygen atoms in total. The first-order valence-electron chi connectivity index (χ1n) is 12.3. The number of halogens is 5. The summed E-state index contributed by atoms with van der Waals surface area (Å²) in [6, 6.07) is 11.1. The molecule has 0 aliphatic carbocycles. The SMILES string of the molecule is N=C(c1ccc(Cl)cc1)N(C[C@H](O)C(F)(F)F)C(=O)NCc1nc(NCC2CCC(=O)N2)n(-c2ccccc2Cl)n1. The topological polar surface area (TPSA) is 148 Å². The van der Waals surface area contributed by atoms with E-state index in [-0.39, 0.29) is 35.8 Å². The van der Waals surface area contributed by atoms with Crippen LogP contribution in [0.25, 0.3) is 5.69 Å². The molecule has 0 saturated carbocycles. The van der Waals surface area contributed by atoms with Crippen LogP contribution in [0.5, 0.6) is 0 Å². The third-order valence-corrected chi connectivity index (χ3v) is 6.66. The molecule has 2 atom stereocenters. The first kappa shape index (κ1) is 30.1. The third-order valence-electron chi connectivity index (χ3n) is 6.09. The number of aromatic nitrogens is 3. The van der Waals surface area contributed by atoms with Gasteiger partial charge in [0.2, 0.25) is 11.9 Å². The summed E-state index contributed by atoms with van der Waals surface area (Å²) in [7, 11) is 0. The number of hydrogen-bond acceptors (Lipinski definition) is 7. The van der Waals surface area contributed by atoms with Crippen LogP contribution in [0.4, 0.5) is 23.9 Å². The summed E-state index contributed by atoms with van der Waals surface area (Å²) in [6.45, 7) is -1.22. The number of nitrogens with one attached hydrogen (secondary N) is 4. The number of carbonyl (C=O) groups excluding carboxylic acids is 2. The zero-order valence-corrected chi connectivity index (χ0v) is 22.8. The molecule has 1 fully saturated rings. The lowest BCUT2D eigenvalue weighted by atomic mass is 10.2. The Morgan fingerprint density at radius 3 is 2.56 bits per heavy atom. The standard InChI is InChI=1S/C25H25Cl2F3N8O3/c26-15-7-5-14(6-8-15)22(31)37(13-19(39)25(28,29)30)24(41)33-12-20-35-23(32-11-16-9-10-21(40)34-16)38(36-20)18-4-2-1-3-17(18)27/h1-8,16,19,31,39H,9-13H2,(H,33,41)(H,34,40)(H,32,35,36)/t16?,19-/m0/s1. The van der Waals surface area contributed by atoms with E-state index in [1.807, 2.05) is 0 Å². The highest BCUT2D eigenvalue weighted by Gasteiger charge is 2.41. The van der Waals surface area contributed by atoms with E-state index in [1.54, 1.807) is 24.3 Å². The van der Waals surface area contributed by atoms with E-state index in [4.69, 9.17) is 28.6 Å². The van der Waals surface area contributed by atoms with Gasteiger partial charge in [0.25, 0.3) is 0 Å². The Labute approximate surface area is 242 Å². The van der Waals surface area contributed by atoms with E-state index in [9.17, 15) is 27.9 Å². The molecule has 3 aromatic rings. The van der Waals surface area contributed by atoms with Crippen LogP contribution in [0, 0.1) is 5.41 Å². The van der Waals surface area contributed by atoms with Crippen molar-refractivity contribution in [3.63, 3.8) is 0 Å². The van der Waals surface area contributed by atoms with Crippen molar-refractivity contribution >= 4 is 46.9 Å². The zero-order valence-electron chi connectivity index (χ0n) is 21.3.